The molecular weight excluding hydrogens is 222 g/mol. The molecule has 2 rings (SSSR count). The van der Waals surface area contributed by atoms with Crippen LogP contribution in [0.25, 0.3) is 0 Å². The van der Waals surface area contributed by atoms with Gasteiger partial charge in [-0.15, -0.1) is 0 Å². The van der Waals surface area contributed by atoms with Crippen molar-refractivity contribution < 1.29 is 19.5 Å². The number of imide groups is 1. The molecule has 0 spiro atoms. The minimum atomic E-state index is -0.964. The lowest BCUT2D eigenvalue weighted by Gasteiger charge is -2.08. The van der Waals surface area contributed by atoms with Crippen molar-refractivity contribution in [3.05, 3.63) is 34.9 Å². The highest BCUT2D eigenvalue weighted by atomic mass is 16.4. The van der Waals surface area contributed by atoms with Crippen molar-refractivity contribution in [3.63, 3.8) is 0 Å². The predicted molar refractivity (Wildman–Crippen MR) is 58.8 cm³/mol. The predicted octanol–water partition coefficient (Wildman–Crippen LogP) is 0.930. The summed E-state index contributed by atoms with van der Waals surface area (Å²) >= 11 is 0. The van der Waals surface area contributed by atoms with E-state index in [1.165, 1.54) is 12.1 Å². The van der Waals surface area contributed by atoms with Gasteiger partial charge in [0.1, 0.15) is 0 Å². The number of carboxylic acids is 1. The Balaban J connectivity index is 2.42. The Kier molecular flexibility index (Phi) is 2.67. The molecule has 1 N–H and O–H groups in total. The van der Waals surface area contributed by atoms with Gasteiger partial charge in [0.05, 0.1) is 17.5 Å². The zero-order valence-electron chi connectivity index (χ0n) is 9.27. The summed E-state index contributed by atoms with van der Waals surface area (Å²) in [5.41, 5.74) is 1.18. The molecule has 5 heteroatoms. The SMILES string of the molecule is CCN1C(=O)c2ccc(CC(=O)O)cc2C1=O. The third-order valence-corrected chi connectivity index (χ3v) is 2.71. The van der Waals surface area contributed by atoms with E-state index in [2.05, 4.69) is 0 Å². The second-order valence-electron chi connectivity index (χ2n) is 3.81. The van der Waals surface area contributed by atoms with Gasteiger partial charge in [-0.25, -0.2) is 0 Å². The van der Waals surface area contributed by atoms with Crippen LogP contribution in [0.15, 0.2) is 18.2 Å². The molecule has 1 aromatic rings. The smallest absolute Gasteiger partial charge is 0.307 e. The Morgan fingerprint density at radius 1 is 1.24 bits per heavy atom. The lowest BCUT2D eigenvalue weighted by Crippen LogP contribution is -2.29. The van der Waals surface area contributed by atoms with Crippen LogP contribution in [0.5, 0.6) is 0 Å². The summed E-state index contributed by atoms with van der Waals surface area (Å²) in [5, 5.41) is 8.67. The standard InChI is InChI=1S/C12H11NO4/c1-2-13-11(16)8-4-3-7(6-10(14)15)5-9(8)12(13)17/h3-5H,2,6H2,1H3,(H,14,15). The first-order valence-corrected chi connectivity index (χ1v) is 5.25. The van der Waals surface area contributed by atoms with Crippen molar-refractivity contribution in [2.24, 2.45) is 0 Å². The van der Waals surface area contributed by atoms with E-state index < -0.39 is 5.97 Å². The summed E-state index contributed by atoms with van der Waals surface area (Å²) < 4.78 is 0. The van der Waals surface area contributed by atoms with Crippen LogP contribution in [-0.4, -0.2) is 34.3 Å². The Bertz CT molecular complexity index is 521. The summed E-state index contributed by atoms with van der Waals surface area (Å²) in [6, 6.07) is 4.57. The molecule has 88 valence electrons. The van der Waals surface area contributed by atoms with E-state index in [9.17, 15) is 14.4 Å². The van der Waals surface area contributed by atoms with Gasteiger partial charge in [-0.2, -0.15) is 0 Å². The normalized spacial score (nSPS) is 14.1. The molecule has 1 aromatic carbocycles. The maximum atomic E-state index is 11.8. The van der Waals surface area contributed by atoms with Crippen LogP contribution < -0.4 is 0 Å². The Hall–Kier alpha value is -2.17. The number of fused-ring (bicyclic) bond motifs is 1. The molecule has 0 aliphatic carbocycles. The van der Waals surface area contributed by atoms with Gasteiger partial charge in [0, 0.05) is 6.54 Å². The molecule has 1 heterocycles. The molecule has 0 saturated heterocycles. The van der Waals surface area contributed by atoms with Crippen molar-refractivity contribution >= 4 is 17.8 Å². The highest BCUT2D eigenvalue weighted by molar-refractivity contribution is 6.21. The molecule has 0 radical (unpaired) electrons. The molecule has 0 fully saturated rings. The van der Waals surface area contributed by atoms with Crippen LogP contribution in [0, 0.1) is 0 Å². The van der Waals surface area contributed by atoms with E-state index in [-0.39, 0.29) is 18.2 Å². The van der Waals surface area contributed by atoms with Gasteiger partial charge in [-0.05, 0) is 24.6 Å². The quantitative estimate of drug-likeness (QED) is 0.788. The van der Waals surface area contributed by atoms with Gasteiger partial charge in [0.15, 0.2) is 0 Å². The molecule has 17 heavy (non-hydrogen) atoms. The number of carboxylic acid groups (broad SMARTS) is 1. The number of aliphatic carboxylic acids is 1. The molecule has 0 saturated carbocycles. The first-order chi connectivity index (χ1) is 8.04. The summed E-state index contributed by atoms with van der Waals surface area (Å²) in [5.74, 6) is -1.62. The molecule has 2 amide bonds. The fraction of sp³-hybridized carbons (Fsp3) is 0.250. The van der Waals surface area contributed by atoms with Gasteiger partial charge in [0.2, 0.25) is 0 Å². The molecule has 1 aliphatic heterocycles. The Morgan fingerprint density at radius 3 is 2.47 bits per heavy atom. The van der Waals surface area contributed by atoms with E-state index >= 15 is 0 Å². The molecule has 1 aliphatic rings. The Morgan fingerprint density at radius 2 is 1.88 bits per heavy atom. The maximum Gasteiger partial charge on any atom is 0.307 e. The van der Waals surface area contributed by atoms with Crippen LogP contribution in [0.2, 0.25) is 0 Å². The van der Waals surface area contributed by atoms with Gasteiger partial charge in [-0.1, -0.05) is 6.07 Å². The third-order valence-electron chi connectivity index (χ3n) is 2.71. The maximum absolute atomic E-state index is 11.8. The monoisotopic (exact) mass is 233 g/mol. The molecule has 0 aromatic heterocycles. The first-order valence-electron chi connectivity index (χ1n) is 5.25. The topological polar surface area (TPSA) is 74.7 Å². The molecular formula is C12H11NO4. The fourth-order valence-electron chi connectivity index (χ4n) is 1.91. The second-order valence-corrected chi connectivity index (χ2v) is 3.81. The number of benzene rings is 1. The minimum absolute atomic E-state index is 0.152. The fourth-order valence-corrected chi connectivity index (χ4v) is 1.91. The average molecular weight is 233 g/mol. The molecule has 0 bridgehead atoms. The number of amides is 2. The van der Waals surface area contributed by atoms with Gasteiger partial charge >= 0.3 is 5.97 Å². The zero-order valence-corrected chi connectivity index (χ0v) is 9.27. The van der Waals surface area contributed by atoms with E-state index in [4.69, 9.17) is 5.11 Å². The van der Waals surface area contributed by atoms with Crippen molar-refractivity contribution in [1.29, 1.82) is 0 Å². The lowest BCUT2D eigenvalue weighted by molar-refractivity contribution is -0.136. The summed E-state index contributed by atoms with van der Waals surface area (Å²) in [6.07, 6.45) is -0.152. The van der Waals surface area contributed by atoms with Crippen LogP contribution in [0.1, 0.15) is 33.2 Å². The van der Waals surface area contributed by atoms with Crippen molar-refractivity contribution in [2.45, 2.75) is 13.3 Å². The van der Waals surface area contributed by atoms with Crippen LogP contribution >= 0.6 is 0 Å². The number of nitrogens with zero attached hydrogens (tertiary/aromatic N) is 1. The first kappa shape index (κ1) is 11.3. The van der Waals surface area contributed by atoms with Crippen LogP contribution in [0.3, 0.4) is 0 Å². The van der Waals surface area contributed by atoms with E-state index in [1.54, 1.807) is 13.0 Å². The van der Waals surface area contributed by atoms with Gasteiger partial charge in [0.25, 0.3) is 11.8 Å². The van der Waals surface area contributed by atoms with Crippen LogP contribution in [0.4, 0.5) is 0 Å². The number of carbonyl (C=O) groups excluding carboxylic acids is 2. The number of hydrogen-bond donors (Lipinski definition) is 1. The van der Waals surface area contributed by atoms with E-state index in [1.807, 2.05) is 0 Å². The van der Waals surface area contributed by atoms with Crippen LogP contribution in [-0.2, 0) is 11.2 Å². The summed E-state index contributed by atoms with van der Waals surface area (Å²) in [6.45, 7) is 2.04. The molecule has 5 nitrogen and oxygen atoms in total. The van der Waals surface area contributed by atoms with Crippen molar-refractivity contribution in [3.8, 4) is 0 Å². The van der Waals surface area contributed by atoms with Gasteiger partial charge < -0.3 is 5.11 Å². The van der Waals surface area contributed by atoms with E-state index in [0.717, 1.165) is 4.90 Å². The molecule has 0 unspecified atom stereocenters. The molecule has 0 atom stereocenters. The highest BCUT2D eigenvalue weighted by Crippen LogP contribution is 2.23. The Labute approximate surface area is 97.7 Å². The number of hydrogen-bond acceptors (Lipinski definition) is 3. The number of rotatable bonds is 3. The largest absolute Gasteiger partial charge is 0.481 e. The number of carbonyl (C=O) groups is 3. The lowest BCUT2D eigenvalue weighted by atomic mass is 10.0. The third kappa shape index (κ3) is 1.80. The van der Waals surface area contributed by atoms with Gasteiger partial charge in [-0.3, -0.25) is 19.3 Å². The minimum Gasteiger partial charge on any atom is -0.481 e. The second kappa shape index (κ2) is 4.01. The zero-order chi connectivity index (χ0) is 12.6. The summed E-state index contributed by atoms with van der Waals surface area (Å²) in [4.78, 5) is 35.3. The van der Waals surface area contributed by atoms with Crippen molar-refractivity contribution in [2.75, 3.05) is 6.54 Å². The average Bonchev–Trinajstić information content (AvgIpc) is 2.50. The highest BCUT2D eigenvalue weighted by Gasteiger charge is 2.34. The summed E-state index contributed by atoms with van der Waals surface area (Å²) in [7, 11) is 0. The van der Waals surface area contributed by atoms with Crippen molar-refractivity contribution in [1.82, 2.24) is 4.90 Å². The van der Waals surface area contributed by atoms with E-state index in [0.29, 0.717) is 23.2 Å².